The van der Waals surface area contributed by atoms with E-state index in [2.05, 4.69) is 41.2 Å². The van der Waals surface area contributed by atoms with Gasteiger partial charge >= 0.3 is 0 Å². The zero-order valence-electron chi connectivity index (χ0n) is 21.9. The van der Waals surface area contributed by atoms with Gasteiger partial charge in [-0.1, -0.05) is 52.8 Å². The molecule has 4 rings (SSSR count). The largest absolute Gasteiger partial charge is 0.393 e. The third-order valence-corrected chi connectivity index (χ3v) is 11.7. The number of ketones is 1. The molecule has 0 saturated heterocycles. The van der Waals surface area contributed by atoms with E-state index in [4.69, 9.17) is 0 Å². The number of aliphatic hydroxyl groups excluding tert-OH is 1. The fourth-order valence-electron chi connectivity index (χ4n) is 9.94. The lowest BCUT2D eigenvalue weighted by Gasteiger charge is -2.70. The van der Waals surface area contributed by atoms with Gasteiger partial charge in [0.05, 0.1) is 6.10 Å². The van der Waals surface area contributed by atoms with Gasteiger partial charge in [0.15, 0.2) is 0 Å². The van der Waals surface area contributed by atoms with Crippen molar-refractivity contribution in [2.45, 2.75) is 105 Å². The zero-order chi connectivity index (χ0) is 24.4. The van der Waals surface area contributed by atoms with Crippen LogP contribution in [-0.2, 0) is 9.59 Å². The Bertz CT molecular complexity index is 868. The van der Waals surface area contributed by atoms with Gasteiger partial charge in [-0.25, -0.2) is 0 Å². The number of hydrogen-bond acceptors (Lipinski definition) is 3. The molecule has 184 valence electrons. The molecule has 4 aliphatic carbocycles. The Labute approximate surface area is 201 Å². The van der Waals surface area contributed by atoms with Gasteiger partial charge in [-0.2, -0.15) is 0 Å². The Balaban J connectivity index is 1.61. The highest BCUT2D eigenvalue weighted by molar-refractivity contribution is 5.85. The number of fused-ring (bicyclic) bond motifs is 5. The molecule has 8 atom stereocenters. The molecule has 3 nitrogen and oxygen atoms in total. The number of aldehydes is 1. The molecule has 0 heterocycles. The highest BCUT2D eigenvalue weighted by atomic mass is 16.3. The molecule has 0 aromatic heterocycles. The van der Waals surface area contributed by atoms with Crippen molar-refractivity contribution in [2.75, 3.05) is 0 Å². The summed E-state index contributed by atoms with van der Waals surface area (Å²) in [4.78, 5) is 23.8. The Morgan fingerprint density at radius 1 is 1.09 bits per heavy atom. The maximum atomic E-state index is 12.9. The third-order valence-electron chi connectivity index (χ3n) is 11.7. The van der Waals surface area contributed by atoms with Crippen molar-refractivity contribution in [3.8, 4) is 0 Å². The Kier molecular flexibility index (Phi) is 6.17. The van der Waals surface area contributed by atoms with Crippen LogP contribution in [0.3, 0.4) is 0 Å². The average Bonchev–Trinajstić information content (AvgIpc) is 3.09. The maximum Gasteiger partial charge on any atom is 0.145 e. The number of hydrogen-bond donors (Lipinski definition) is 1. The first kappa shape index (κ1) is 24.9. The minimum Gasteiger partial charge on any atom is -0.393 e. The number of allylic oxidation sites excluding steroid dienone is 3. The molecule has 0 aromatic rings. The summed E-state index contributed by atoms with van der Waals surface area (Å²) < 4.78 is 0. The van der Waals surface area contributed by atoms with Gasteiger partial charge in [-0.3, -0.25) is 9.59 Å². The Morgan fingerprint density at radius 3 is 2.45 bits per heavy atom. The molecule has 0 aromatic carbocycles. The molecule has 0 amide bonds. The van der Waals surface area contributed by atoms with E-state index in [1.807, 2.05) is 13.0 Å². The van der Waals surface area contributed by atoms with E-state index >= 15 is 0 Å². The van der Waals surface area contributed by atoms with Gasteiger partial charge in [0.2, 0.25) is 0 Å². The second-order valence-electron chi connectivity index (χ2n) is 13.4. The van der Waals surface area contributed by atoms with Crippen LogP contribution in [0.1, 0.15) is 99.3 Å². The van der Waals surface area contributed by atoms with Crippen LogP contribution in [0.25, 0.3) is 0 Å². The molecular formula is C30H46O3. The van der Waals surface area contributed by atoms with Crippen molar-refractivity contribution >= 4 is 12.1 Å². The standard InChI is InChI=1S/C30H46O3/c1-19(18-31)9-8-10-20(2)21-13-16-29(6)22(21)11-12-24-28(5)15-14-25(33)27(3,4)26(28)23(32)17-30(24,29)7/h9,18,21-24,26,32H,2,8,10-17H2,1,3-7H3/b19-9+/t21-,22-,23-,24-,26+,28-,29-,30-/m1/s1. The van der Waals surface area contributed by atoms with E-state index in [9.17, 15) is 14.7 Å². The second-order valence-corrected chi connectivity index (χ2v) is 13.4. The van der Waals surface area contributed by atoms with E-state index < -0.39 is 11.5 Å². The minimum absolute atomic E-state index is 0.0179. The van der Waals surface area contributed by atoms with Crippen molar-refractivity contribution in [3.05, 3.63) is 23.8 Å². The van der Waals surface area contributed by atoms with Crippen LogP contribution in [0.5, 0.6) is 0 Å². The van der Waals surface area contributed by atoms with Crippen molar-refractivity contribution < 1.29 is 14.7 Å². The molecule has 0 unspecified atom stereocenters. The summed E-state index contributed by atoms with van der Waals surface area (Å²) in [6.07, 6.45) is 11.6. The smallest absolute Gasteiger partial charge is 0.145 e. The van der Waals surface area contributed by atoms with E-state index in [1.165, 1.54) is 31.3 Å². The fraction of sp³-hybridized carbons (Fsp3) is 0.800. The third kappa shape index (κ3) is 3.46. The highest BCUT2D eigenvalue weighted by Gasteiger charge is 2.70. The Hall–Kier alpha value is -1.22. The molecule has 4 saturated carbocycles. The van der Waals surface area contributed by atoms with Crippen LogP contribution in [0, 0.1) is 45.3 Å². The van der Waals surface area contributed by atoms with Crippen LogP contribution in [0.4, 0.5) is 0 Å². The van der Waals surface area contributed by atoms with Gasteiger partial charge in [0, 0.05) is 17.8 Å². The molecule has 0 aliphatic heterocycles. The topological polar surface area (TPSA) is 54.4 Å². The molecule has 33 heavy (non-hydrogen) atoms. The van der Waals surface area contributed by atoms with Crippen LogP contribution >= 0.6 is 0 Å². The molecule has 0 spiro atoms. The molecule has 4 fully saturated rings. The number of carbonyl (C=O) groups excluding carboxylic acids is 2. The van der Waals surface area contributed by atoms with Gasteiger partial charge in [-0.15, -0.1) is 0 Å². The molecule has 1 N–H and O–H groups in total. The summed E-state index contributed by atoms with van der Waals surface area (Å²) in [7, 11) is 0. The number of aliphatic hydroxyl groups is 1. The second kappa shape index (κ2) is 8.18. The first-order chi connectivity index (χ1) is 15.3. The van der Waals surface area contributed by atoms with Gasteiger partial charge in [0.25, 0.3) is 0 Å². The summed E-state index contributed by atoms with van der Waals surface area (Å²) in [5, 5.41) is 11.6. The van der Waals surface area contributed by atoms with Crippen molar-refractivity contribution in [1.29, 1.82) is 0 Å². The normalized spacial score (nSPS) is 46.8. The molecule has 0 bridgehead atoms. The van der Waals surface area contributed by atoms with E-state index in [1.54, 1.807) is 0 Å². The van der Waals surface area contributed by atoms with Crippen molar-refractivity contribution in [3.63, 3.8) is 0 Å². The summed E-state index contributed by atoms with van der Waals surface area (Å²) in [6, 6.07) is 0. The zero-order valence-corrected chi connectivity index (χ0v) is 21.9. The van der Waals surface area contributed by atoms with Crippen LogP contribution in [0.2, 0.25) is 0 Å². The summed E-state index contributed by atoms with van der Waals surface area (Å²) in [6.45, 7) is 18.0. The van der Waals surface area contributed by atoms with E-state index in [-0.39, 0.29) is 22.2 Å². The Morgan fingerprint density at radius 2 is 1.79 bits per heavy atom. The van der Waals surface area contributed by atoms with Crippen molar-refractivity contribution in [1.82, 2.24) is 0 Å². The minimum atomic E-state index is -0.439. The van der Waals surface area contributed by atoms with E-state index in [0.717, 1.165) is 37.5 Å². The maximum absolute atomic E-state index is 12.9. The van der Waals surface area contributed by atoms with E-state index in [0.29, 0.717) is 30.0 Å². The lowest BCUT2D eigenvalue weighted by Crippen LogP contribution is -2.67. The lowest BCUT2D eigenvalue weighted by atomic mass is 9.35. The van der Waals surface area contributed by atoms with Gasteiger partial charge in [0.1, 0.15) is 12.1 Å². The monoisotopic (exact) mass is 454 g/mol. The quantitative estimate of drug-likeness (QED) is 0.286. The van der Waals surface area contributed by atoms with Gasteiger partial charge < -0.3 is 5.11 Å². The molecule has 3 heteroatoms. The fourth-order valence-corrected chi connectivity index (χ4v) is 9.94. The average molecular weight is 455 g/mol. The van der Waals surface area contributed by atoms with Crippen molar-refractivity contribution in [2.24, 2.45) is 45.3 Å². The highest BCUT2D eigenvalue weighted by Crippen LogP contribution is 2.75. The first-order valence-electron chi connectivity index (χ1n) is 13.3. The molecule has 4 aliphatic rings. The van der Waals surface area contributed by atoms with Crippen LogP contribution in [-0.4, -0.2) is 23.3 Å². The summed E-state index contributed by atoms with van der Waals surface area (Å²) in [5.41, 5.74) is 2.01. The SMILES string of the molecule is C=C(CC/C=C(\C)C=O)[C@H]1CC[C@]2(C)[C@@H]1CC[C@@H]1[C@@]3(C)CCC(=O)C(C)(C)[C@@H]3[C@H](O)C[C@]12C. The predicted octanol–water partition coefficient (Wildman–Crippen LogP) is 6.69. The number of rotatable bonds is 5. The summed E-state index contributed by atoms with van der Waals surface area (Å²) >= 11 is 0. The van der Waals surface area contributed by atoms with Crippen LogP contribution in [0.15, 0.2) is 23.8 Å². The summed E-state index contributed by atoms with van der Waals surface area (Å²) in [5.74, 6) is 2.11. The van der Waals surface area contributed by atoms with Crippen LogP contribution < -0.4 is 0 Å². The molecule has 0 radical (unpaired) electrons. The first-order valence-corrected chi connectivity index (χ1v) is 13.3. The van der Waals surface area contributed by atoms with Gasteiger partial charge in [-0.05, 0) is 97.9 Å². The number of Topliss-reactive ketones (excluding diaryl/α,β-unsaturated/α-hetero) is 1. The number of carbonyl (C=O) groups is 2. The lowest BCUT2D eigenvalue weighted by molar-refractivity contribution is -0.235. The molecular weight excluding hydrogens is 408 g/mol. The predicted molar refractivity (Wildman–Crippen MR) is 134 cm³/mol.